The number of hydrogen-bond donors (Lipinski definition) is 3. The number of carbonyl (C=O) groups is 4. The van der Waals surface area contributed by atoms with E-state index in [4.69, 9.17) is 9.84 Å². The molecule has 9 nitrogen and oxygen atoms in total. The molecule has 0 saturated carbocycles. The maximum Gasteiger partial charge on any atom is 0.404 e. The Labute approximate surface area is 188 Å². The molecule has 4 amide bonds. The molecule has 2 aromatic rings. The second-order valence-electron chi connectivity index (χ2n) is 7.95. The van der Waals surface area contributed by atoms with Gasteiger partial charge in [-0.1, -0.05) is 24.3 Å². The van der Waals surface area contributed by atoms with Gasteiger partial charge in [0, 0.05) is 24.6 Å². The lowest BCUT2D eigenvalue weighted by molar-refractivity contribution is -0.132. The first-order chi connectivity index (χ1) is 15.8. The number of benzene rings is 2. The monoisotopic (exact) mass is 455 g/mol. The van der Waals surface area contributed by atoms with Crippen molar-refractivity contribution in [1.82, 2.24) is 15.5 Å². The van der Waals surface area contributed by atoms with E-state index in [0.29, 0.717) is 18.4 Å². The van der Waals surface area contributed by atoms with Crippen LogP contribution in [0.1, 0.15) is 46.3 Å². The molecule has 0 spiro atoms. The molecule has 2 heterocycles. The van der Waals surface area contributed by atoms with Crippen molar-refractivity contribution in [2.45, 2.75) is 45.0 Å². The second-order valence-corrected chi connectivity index (χ2v) is 7.95. The van der Waals surface area contributed by atoms with E-state index in [2.05, 4.69) is 10.6 Å². The number of ether oxygens (including phenoxy) is 1. The summed E-state index contributed by atoms with van der Waals surface area (Å²) in [6, 6.07) is 8.57. The van der Waals surface area contributed by atoms with Gasteiger partial charge in [-0.05, 0) is 30.0 Å². The molecule has 33 heavy (non-hydrogen) atoms. The number of nitrogens with zero attached hydrogens (tertiary/aromatic N) is 1. The lowest BCUT2D eigenvalue weighted by Crippen LogP contribution is -2.46. The van der Waals surface area contributed by atoms with Gasteiger partial charge >= 0.3 is 6.09 Å². The SMILES string of the molecule is O=C(O)NCc1ccc(COc2cc(F)cc3c2CN(C2CCCC(=O)NC2=O)C3=O)cc1. The number of carboxylic acid groups (broad SMARTS) is 1. The topological polar surface area (TPSA) is 125 Å². The number of rotatable bonds is 6. The first kappa shape index (κ1) is 22.3. The van der Waals surface area contributed by atoms with Gasteiger partial charge in [0.05, 0.1) is 12.1 Å². The Hall–Kier alpha value is -3.95. The highest BCUT2D eigenvalue weighted by atomic mass is 19.1. The van der Waals surface area contributed by atoms with Crippen molar-refractivity contribution >= 4 is 23.8 Å². The molecule has 0 aliphatic carbocycles. The van der Waals surface area contributed by atoms with Gasteiger partial charge in [0.1, 0.15) is 24.2 Å². The van der Waals surface area contributed by atoms with Crippen LogP contribution in [0.15, 0.2) is 36.4 Å². The van der Waals surface area contributed by atoms with E-state index in [1.165, 1.54) is 11.0 Å². The third kappa shape index (κ3) is 4.94. The number of halogens is 1. The summed E-state index contributed by atoms with van der Waals surface area (Å²) >= 11 is 0. The van der Waals surface area contributed by atoms with Crippen LogP contribution < -0.4 is 15.4 Å². The smallest absolute Gasteiger partial charge is 0.404 e. The fourth-order valence-corrected chi connectivity index (χ4v) is 4.00. The predicted octanol–water partition coefficient (Wildman–Crippen LogP) is 2.32. The molecule has 172 valence electrons. The normalized spacial score (nSPS) is 17.9. The third-order valence-electron chi connectivity index (χ3n) is 5.68. The summed E-state index contributed by atoms with van der Waals surface area (Å²) in [6.45, 7) is 0.358. The fraction of sp³-hybridized carbons (Fsp3) is 0.304. The molecule has 0 radical (unpaired) electrons. The molecular weight excluding hydrogens is 433 g/mol. The van der Waals surface area contributed by atoms with Gasteiger partial charge in [-0.3, -0.25) is 19.7 Å². The Balaban J connectivity index is 1.48. The lowest BCUT2D eigenvalue weighted by atomic mass is 10.1. The van der Waals surface area contributed by atoms with Crippen LogP contribution in [0.5, 0.6) is 5.75 Å². The van der Waals surface area contributed by atoms with E-state index in [1.54, 1.807) is 24.3 Å². The van der Waals surface area contributed by atoms with E-state index in [0.717, 1.165) is 17.2 Å². The van der Waals surface area contributed by atoms with Crippen LogP contribution in [0.4, 0.5) is 9.18 Å². The minimum atomic E-state index is -1.11. The molecule has 1 atom stereocenters. The average molecular weight is 455 g/mol. The Morgan fingerprint density at radius 2 is 1.91 bits per heavy atom. The molecule has 1 unspecified atom stereocenters. The zero-order valence-corrected chi connectivity index (χ0v) is 17.6. The highest BCUT2D eigenvalue weighted by Crippen LogP contribution is 2.35. The van der Waals surface area contributed by atoms with Crippen molar-refractivity contribution in [3.63, 3.8) is 0 Å². The van der Waals surface area contributed by atoms with Crippen LogP contribution in [0.2, 0.25) is 0 Å². The van der Waals surface area contributed by atoms with Gasteiger partial charge in [0.15, 0.2) is 0 Å². The Kier molecular flexibility index (Phi) is 6.25. The second kappa shape index (κ2) is 9.27. The van der Waals surface area contributed by atoms with Gasteiger partial charge in [-0.15, -0.1) is 0 Å². The van der Waals surface area contributed by atoms with Crippen LogP contribution in [-0.4, -0.2) is 39.9 Å². The minimum Gasteiger partial charge on any atom is -0.488 e. The number of amides is 4. The molecule has 1 fully saturated rings. The van der Waals surface area contributed by atoms with Crippen molar-refractivity contribution in [2.75, 3.05) is 0 Å². The minimum absolute atomic E-state index is 0.0792. The zero-order chi connectivity index (χ0) is 23.5. The molecule has 2 aliphatic heterocycles. The van der Waals surface area contributed by atoms with Crippen molar-refractivity contribution < 1.29 is 33.4 Å². The number of nitrogens with one attached hydrogen (secondary N) is 2. The van der Waals surface area contributed by atoms with E-state index >= 15 is 0 Å². The van der Waals surface area contributed by atoms with Crippen molar-refractivity contribution in [3.8, 4) is 5.75 Å². The molecule has 0 bridgehead atoms. The number of hydrogen-bond acceptors (Lipinski definition) is 5. The zero-order valence-electron chi connectivity index (χ0n) is 17.6. The molecule has 1 saturated heterocycles. The molecule has 4 rings (SSSR count). The van der Waals surface area contributed by atoms with E-state index in [9.17, 15) is 23.6 Å². The number of fused-ring (bicyclic) bond motifs is 1. The Morgan fingerprint density at radius 1 is 1.18 bits per heavy atom. The maximum atomic E-state index is 14.3. The van der Waals surface area contributed by atoms with Gasteiger partial charge in [-0.2, -0.15) is 0 Å². The van der Waals surface area contributed by atoms with Gasteiger partial charge in [0.25, 0.3) is 5.91 Å². The van der Waals surface area contributed by atoms with Gasteiger partial charge < -0.3 is 20.1 Å². The van der Waals surface area contributed by atoms with E-state index in [1.807, 2.05) is 0 Å². The molecule has 3 N–H and O–H groups in total. The van der Waals surface area contributed by atoms with Crippen molar-refractivity contribution in [3.05, 3.63) is 64.5 Å². The Morgan fingerprint density at radius 3 is 2.64 bits per heavy atom. The summed E-state index contributed by atoms with van der Waals surface area (Å²) in [5.74, 6) is -1.79. The van der Waals surface area contributed by atoms with Crippen molar-refractivity contribution in [2.24, 2.45) is 0 Å². The fourth-order valence-electron chi connectivity index (χ4n) is 4.00. The molecular formula is C23H22FN3O6. The first-order valence-electron chi connectivity index (χ1n) is 10.5. The quantitative estimate of drug-likeness (QED) is 0.574. The summed E-state index contributed by atoms with van der Waals surface area (Å²) in [6.07, 6.45) is -0.0819. The number of imide groups is 1. The molecule has 0 aromatic heterocycles. The predicted molar refractivity (Wildman–Crippen MR) is 113 cm³/mol. The summed E-state index contributed by atoms with van der Waals surface area (Å²) in [7, 11) is 0. The van der Waals surface area contributed by atoms with E-state index in [-0.39, 0.29) is 43.3 Å². The van der Waals surface area contributed by atoms with Gasteiger partial charge in [0.2, 0.25) is 11.8 Å². The van der Waals surface area contributed by atoms with Crippen LogP contribution in [0.3, 0.4) is 0 Å². The van der Waals surface area contributed by atoms with Gasteiger partial charge in [-0.25, -0.2) is 9.18 Å². The van der Waals surface area contributed by atoms with Crippen LogP contribution in [0, 0.1) is 5.82 Å². The average Bonchev–Trinajstić information content (AvgIpc) is 2.99. The van der Waals surface area contributed by atoms with E-state index < -0.39 is 29.8 Å². The summed E-state index contributed by atoms with van der Waals surface area (Å²) in [5, 5.41) is 13.2. The number of carbonyl (C=O) groups excluding carboxylic acids is 3. The lowest BCUT2D eigenvalue weighted by Gasteiger charge is -2.24. The Bertz CT molecular complexity index is 1120. The largest absolute Gasteiger partial charge is 0.488 e. The standard InChI is InChI=1S/C23H22FN3O6/c24-15-8-16-17(11-27(22(16)30)18-2-1-3-20(28)26-21(18)29)19(9-15)33-12-14-6-4-13(5-7-14)10-25-23(31)32/h4-9,18,25H,1-3,10-12H2,(H,31,32)(H,26,28,29). The third-order valence-corrected chi connectivity index (χ3v) is 5.68. The summed E-state index contributed by atoms with van der Waals surface area (Å²) in [5.41, 5.74) is 2.18. The summed E-state index contributed by atoms with van der Waals surface area (Å²) in [4.78, 5) is 48.9. The summed E-state index contributed by atoms with van der Waals surface area (Å²) < 4.78 is 20.1. The van der Waals surface area contributed by atoms with Crippen LogP contribution >= 0.6 is 0 Å². The van der Waals surface area contributed by atoms with Crippen LogP contribution in [0.25, 0.3) is 0 Å². The first-order valence-corrected chi connectivity index (χ1v) is 10.5. The highest BCUT2D eigenvalue weighted by molar-refractivity contribution is 6.04. The molecule has 2 aromatic carbocycles. The molecule has 10 heteroatoms. The van der Waals surface area contributed by atoms with Crippen molar-refractivity contribution in [1.29, 1.82) is 0 Å². The maximum absolute atomic E-state index is 14.3. The van der Waals surface area contributed by atoms with Crippen LogP contribution in [-0.2, 0) is 29.3 Å². The highest BCUT2D eigenvalue weighted by Gasteiger charge is 2.39. The molecule has 2 aliphatic rings.